The molecule has 1 aliphatic heterocycles. The lowest BCUT2D eigenvalue weighted by atomic mass is 9.97. The molecule has 1 aliphatic rings. The number of carbonyl (C=O) groups is 1. The molecule has 1 aromatic rings. The third-order valence-electron chi connectivity index (χ3n) is 2.61. The van der Waals surface area contributed by atoms with Gasteiger partial charge in [-0.15, -0.1) is 0 Å². The Morgan fingerprint density at radius 2 is 2.21 bits per heavy atom. The first-order chi connectivity index (χ1) is 6.68. The number of fused-ring (bicyclic) bond motifs is 1. The second kappa shape index (κ2) is 3.42. The Balaban J connectivity index is 2.33. The van der Waals surface area contributed by atoms with Crippen molar-refractivity contribution in [1.82, 2.24) is 4.90 Å². The number of aliphatic hydroxyl groups is 1. The number of hydrogen-bond acceptors (Lipinski definition) is 2. The molecular weight excluding hydrogens is 178 g/mol. The largest absolute Gasteiger partial charge is 0.387 e. The molecule has 1 heterocycles. The molecule has 0 radical (unpaired) electrons. The molecule has 0 saturated heterocycles. The van der Waals surface area contributed by atoms with Gasteiger partial charge in [0.15, 0.2) is 0 Å². The molecule has 74 valence electrons. The summed E-state index contributed by atoms with van der Waals surface area (Å²) in [6.07, 6.45) is -0.538. The molecule has 1 amide bonds. The maximum Gasteiger partial charge on any atom is 0.219 e. The summed E-state index contributed by atoms with van der Waals surface area (Å²) in [5.41, 5.74) is 1.99. The van der Waals surface area contributed by atoms with E-state index in [1.165, 1.54) is 6.92 Å². The van der Waals surface area contributed by atoms with Crippen LogP contribution in [-0.2, 0) is 11.3 Å². The third kappa shape index (κ3) is 1.51. The maximum absolute atomic E-state index is 11.2. The molecule has 0 spiro atoms. The van der Waals surface area contributed by atoms with Gasteiger partial charge in [0.2, 0.25) is 5.91 Å². The molecule has 1 N–H and O–H groups in total. The van der Waals surface area contributed by atoms with Gasteiger partial charge in [-0.3, -0.25) is 4.79 Å². The normalized spacial score (nSPS) is 20.4. The zero-order valence-electron chi connectivity index (χ0n) is 8.10. The minimum atomic E-state index is -0.538. The summed E-state index contributed by atoms with van der Waals surface area (Å²) < 4.78 is 0. The average molecular weight is 191 g/mol. The molecule has 0 aliphatic carbocycles. The number of amides is 1. The summed E-state index contributed by atoms with van der Waals surface area (Å²) in [6.45, 7) is 2.55. The van der Waals surface area contributed by atoms with Crippen molar-refractivity contribution in [3.63, 3.8) is 0 Å². The summed E-state index contributed by atoms with van der Waals surface area (Å²) in [5, 5.41) is 9.79. The van der Waals surface area contributed by atoms with E-state index in [0.29, 0.717) is 13.1 Å². The van der Waals surface area contributed by atoms with Crippen molar-refractivity contribution in [2.24, 2.45) is 0 Å². The Labute approximate surface area is 83.0 Å². The first-order valence-corrected chi connectivity index (χ1v) is 4.70. The summed E-state index contributed by atoms with van der Waals surface area (Å²) in [7, 11) is 0. The van der Waals surface area contributed by atoms with E-state index in [9.17, 15) is 9.90 Å². The molecule has 0 aromatic heterocycles. The number of hydrogen-bond donors (Lipinski definition) is 1. The van der Waals surface area contributed by atoms with E-state index in [2.05, 4.69) is 0 Å². The minimum absolute atomic E-state index is 0.0125. The smallest absolute Gasteiger partial charge is 0.219 e. The van der Waals surface area contributed by atoms with Crippen LogP contribution in [0.15, 0.2) is 24.3 Å². The van der Waals surface area contributed by atoms with Crippen LogP contribution < -0.4 is 0 Å². The highest BCUT2D eigenvalue weighted by Crippen LogP contribution is 2.25. The lowest BCUT2D eigenvalue weighted by Gasteiger charge is -2.31. The van der Waals surface area contributed by atoms with E-state index in [1.54, 1.807) is 4.90 Å². The predicted molar refractivity (Wildman–Crippen MR) is 52.5 cm³/mol. The quantitative estimate of drug-likeness (QED) is 0.666. The molecule has 14 heavy (non-hydrogen) atoms. The monoisotopic (exact) mass is 191 g/mol. The second-order valence-electron chi connectivity index (χ2n) is 3.61. The van der Waals surface area contributed by atoms with Gasteiger partial charge in [-0.2, -0.15) is 0 Å². The summed E-state index contributed by atoms with van der Waals surface area (Å²) in [6, 6.07) is 7.70. The lowest BCUT2D eigenvalue weighted by Crippen LogP contribution is -2.36. The van der Waals surface area contributed by atoms with Crippen LogP contribution in [0.1, 0.15) is 24.2 Å². The van der Waals surface area contributed by atoms with Gasteiger partial charge in [0.1, 0.15) is 0 Å². The van der Waals surface area contributed by atoms with E-state index in [1.807, 2.05) is 24.3 Å². The zero-order chi connectivity index (χ0) is 10.1. The van der Waals surface area contributed by atoms with Crippen molar-refractivity contribution in [2.45, 2.75) is 19.6 Å². The summed E-state index contributed by atoms with van der Waals surface area (Å²) >= 11 is 0. The van der Waals surface area contributed by atoms with Gasteiger partial charge in [-0.1, -0.05) is 24.3 Å². The van der Waals surface area contributed by atoms with Crippen molar-refractivity contribution in [1.29, 1.82) is 0 Å². The van der Waals surface area contributed by atoms with Gasteiger partial charge in [0.05, 0.1) is 12.6 Å². The minimum Gasteiger partial charge on any atom is -0.387 e. The average Bonchev–Trinajstić information content (AvgIpc) is 2.17. The second-order valence-corrected chi connectivity index (χ2v) is 3.61. The Morgan fingerprint density at radius 3 is 2.93 bits per heavy atom. The number of β-amino-alcohol motifs (C(OH)–C–C–N with tert-alkyl or cyclic N) is 1. The van der Waals surface area contributed by atoms with Crippen LogP contribution in [0, 0.1) is 0 Å². The van der Waals surface area contributed by atoms with Crippen LogP contribution in [0.25, 0.3) is 0 Å². The number of rotatable bonds is 0. The molecular formula is C11H13NO2. The fraction of sp³-hybridized carbons (Fsp3) is 0.364. The van der Waals surface area contributed by atoms with Crippen molar-refractivity contribution in [3.8, 4) is 0 Å². The van der Waals surface area contributed by atoms with Crippen LogP contribution in [0.5, 0.6) is 0 Å². The SMILES string of the molecule is CC(=O)N1Cc2ccccc2[C@@H](O)C1. The Kier molecular flexibility index (Phi) is 2.25. The third-order valence-corrected chi connectivity index (χ3v) is 2.61. The fourth-order valence-electron chi connectivity index (χ4n) is 1.82. The number of carbonyl (C=O) groups excluding carboxylic acids is 1. The number of benzene rings is 1. The molecule has 3 heteroatoms. The highest BCUT2D eigenvalue weighted by atomic mass is 16.3. The Bertz CT molecular complexity index is 362. The van der Waals surface area contributed by atoms with Gasteiger partial charge >= 0.3 is 0 Å². The van der Waals surface area contributed by atoms with Crippen molar-refractivity contribution in [3.05, 3.63) is 35.4 Å². The predicted octanol–water partition coefficient (Wildman–Crippen LogP) is 1.08. The topological polar surface area (TPSA) is 40.5 Å². The Hall–Kier alpha value is -1.35. The standard InChI is InChI=1S/C11H13NO2/c1-8(13)12-6-9-4-2-3-5-10(9)11(14)7-12/h2-5,11,14H,6-7H2,1H3/t11-/m0/s1. The molecule has 1 aromatic carbocycles. The van der Waals surface area contributed by atoms with Crippen molar-refractivity contribution in [2.75, 3.05) is 6.54 Å². The maximum atomic E-state index is 11.2. The molecule has 0 bridgehead atoms. The molecule has 1 atom stereocenters. The Morgan fingerprint density at radius 1 is 1.50 bits per heavy atom. The summed E-state index contributed by atoms with van der Waals surface area (Å²) in [5.74, 6) is 0.0125. The number of aliphatic hydroxyl groups excluding tert-OH is 1. The van der Waals surface area contributed by atoms with Crippen LogP contribution in [0.3, 0.4) is 0 Å². The summed E-state index contributed by atoms with van der Waals surface area (Å²) in [4.78, 5) is 12.8. The highest BCUT2D eigenvalue weighted by molar-refractivity contribution is 5.73. The molecule has 0 saturated carbocycles. The van der Waals surface area contributed by atoms with E-state index in [0.717, 1.165) is 11.1 Å². The van der Waals surface area contributed by atoms with Crippen LogP contribution in [0.4, 0.5) is 0 Å². The van der Waals surface area contributed by atoms with Gasteiger partial charge < -0.3 is 10.0 Å². The molecule has 2 rings (SSSR count). The van der Waals surface area contributed by atoms with Crippen LogP contribution >= 0.6 is 0 Å². The molecule has 0 unspecified atom stereocenters. The molecule has 0 fully saturated rings. The van der Waals surface area contributed by atoms with Gasteiger partial charge in [0, 0.05) is 13.5 Å². The zero-order valence-corrected chi connectivity index (χ0v) is 8.10. The first kappa shape index (κ1) is 9.21. The fourth-order valence-corrected chi connectivity index (χ4v) is 1.82. The lowest BCUT2D eigenvalue weighted by molar-refractivity contribution is -0.131. The van der Waals surface area contributed by atoms with E-state index in [-0.39, 0.29) is 5.91 Å². The first-order valence-electron chi connectivity index (χ1n) is 4.70. The van der Waals surface area contributed by atoms with Gasteiger partial charge in [-0.05, 0) is 11.1 Å². The van der Waals surface area contributed by atoms with Crippen molar-refractivity contribution >= 4 is 5.91 Å². The molecule has 3 nitrogen and oxygen atoms in total. The van der Waals surface area contributed by atoms with Gasteiger partial charge in [0.25, 0.3) is 0 Å². The van der Waals surface area contributed by atoms with Gasteiger partial charge in [-0.25, -0.2) is 0 Å². The van der Waals surface area contributed by atoms with Crippen molar-refractivity contribution < 1.29 is 9.90 Å². The van der Waals surface area contributed by atoms with Crippen LogP contribution in [0.2, 0.25) is 0 Å². The van der Waals surface area contributed by atoms with Crippen LogP contribution in [-0.4, -0.2) is 22.5 Å². The van der Waals surface area contributed by atoms with E-state index >= 15 is 0 Å². The van der Waals surface area contributed by atoms with E-state index < -0.39 is 6.10 Å². The van der Waals surface area contributed by atoms with E-state index in [4.69, 9.17) is 0 Å². The highest BCUT2D eigenvalue weighted by Gasteiger charge is 2.24. The number of nitrogens with zero attached hydrogens (tertiary/aromatic N) is 1.